The summed E-state index contributed by atoms with van der Waals surface area (Å²) in [4.78, 5) is 0. The van der Waals surface area contributed by atoms with E-state index >= 15 is 0 Å². The van der Waals surface area contributed by atoms with Gasteiger partial charge in [0.2, 0.25) is 10.4 Å². The molecule has 1 rings (SSSR count). The van der Waals surface area contributed by atoms with E-state index < -0.39 is 10.4 Å². The number of benzene rings is 1. The fourth-order valence-electron chi connectivity index (χ4n) is 3.29. The first-order valence-corrected chi connectivity index (χ1v) is 14.0. The van der Waals surface area contributed by atoms with Crippen molar-refractivity contribution in [1.29, 1.82) is 0 Å². The summed E-state index contributed by atoms with van der Waals surface area (Å²) in [7, 11) is -4.66. The number of hydrogen-bond acceptors (Lipinski definition) is 9. The summed E-state index contributed by atoms with van der Waals surface area (Å²) >= 11 is 0. The van der Waals surface area contributed by atoms with Gasteiger partial charge in [-0.1, -0.05) is 63.6 Å². The summed E-state index contributed by atoms with van der Waals surface area (Å²) < 4.78 is 62.0. The monoisotopic (exact) mass is 542 g/mol. The van der Waals surface area contributed by atoms with Gasteiger partial charge in [0, 0.05) is 0 Å². The molecule has 1 aromatic carbocycles. The molecule has 0 heterocycles. The van der Waals surface area contributed by atoms with Gasteiger partial charge in [0.25, 0.3) is 0 Å². The van der Waals surface area contributed by atoms with Crippen LogP contribution in [0.2, 0.25) is 0 Å². The summed E-state index contributed by atoms with van der Waals surface area (Å²) in [6.07, 6.45) is 10.2. The van der Waals surface area contributed by atoms with Crippen LogP contribution in [0.25, 0.3) is 0 Å². The van der Waals surface area contributed by atoms with Gasteiger partial charge in [0.15, 0.2) is 0 Å². The zero-order valence-electron chi connectivity index (χ0n) is 22.1. The van der Waals surface area contributed by atoms with E-state index in [1.807, 2.05) is 12.1 Å². The third kappa shape index (κ3) is 22.9. The predicted octanol–water partition coefficient (Wildman–Crippen LogP) is 0.906. The van der Waals surface area contributed by atoms with Crippen LogP contribution in [0.3, 0.4) is 0 Å². The van der Waals surface area contributed by atoms with E-state index in [0.717, 1.165) is 12.2 Å². The molecular formula is C25H43NaO9S. The van der Waals surface area contributed by atoms with Crippen molar-refractivity contribution in [2.45, 2.75) is 58.3 Å². The van der Waals surface area contributed by atoms with E-state index in [1.165, 1.54) is 50.5 Å². The Morgan fingerprint density at radius 1 is 0.667 bits per heavy atom. The summed E-state index contributed by atoms with van der Waals surface area (Å²) in [6.45, 7) is 5.35. The maximum Gasteiger partial charge on any atom is 1.00 e. The Bertz CT molecular complexity index is 719. The Labute approximate surface area is 239 Å². The van der Waals surface area contributed by atoms with Gasteiger partial charge >= 0.3 is 29.6 Å². The van der Waals surface area contributed by atoms with Crippen molar-refractivity contribution in [1.82, 2.24) is 0 Å². The number of para-hydroxylation sites is 1. The van der Waals surface area contributed by atoms with Crippen molar-refractivity contribution < 1.29 is 70.4 Å². The Morgan fingerprint density at radius 2 is 1.14 bits per heavy atom. The van der Waals surface area contributed by atoms with Crippen molar-refractivity contribution in [3.63, 3.8) is 0 Å². The molecule has 0 spiro atoms. The van der Waals surface area contributed by atoms with Crippen molar-refractivity contribution in [3.05, 3.63) is 29.8 Å². The molecule has 204 valence electrons. The zero-order valence-corrected chi connectivity index (χ0v) is 24.9. The molecule has 0 atom stereocenters. The molecule has 0 aliphatic heterocycles. The minimum atomic E-state index is -4.66. The van der Waals surface area contributed by atoms with Gasteiger partial charge in [-0.05, 0) is 24.5 Å². The average molecular weight is 543 g/mol. The van der Waals surface area contributed by atoms with Gasteiger partial charge < -0.3 is 28.2 Å². The number of hydrogen-bond donors (Lipinski definition) is 0. The molecule has 11 heteroatoms. The van der Waals surface area contributed by atoms with Gasteiger partial charge in [-0.2, -0.15) is 0 Å². The first-order valence-electron chi connectivity index (χ1n) is 12.6. The van der Waals surface area contributed by atoms with Crippen LogP contribution in [0.4, 0.5) is 0 Å². The quantitative estimate of drug-likeness (QED) is 0.0770. The van der Waals surface area contributed by atoms with Crippen molar-refractivity contribution in [3.8, 4) is 5.75 Å². The van der Waals surface area contributed by atoms with Crippen molar-refractivity contribution in [2.24, 2.45) is 0 Å². The molecule has 36 heavy (non-hydrogen) atoms. The molecule has 0 fully saturated rings. The first-order chi connectivity index (χ1) is 17.0. The Morgan fingerprint density at radius 3 is 1.69 bits per heavy atom. The smallest absolute Gasteiger partial charge is 0.726 e. The average Bonchev–Trinajstić information content (AvgIpc) is 2.83. The molecule has 0 N–H and O–H groups in total. The third-order valence-corrected chi connectivity index (χ3v) is 5.53. The molecule has 0 unspecified atom stereocenters. The first kappa shape index (κ1) is 35.7. The van der Waals surface area contributed by atoms with E-state index in [9.17, 15) is 13.0 Å². The molecule has 0 bridgehead atoms. The molecule has 0 aliphatic carbocycles. The van der Waals surface area contributed by atoms with E-state index in [1.54, 1.807) is 0 Å². The van der Waals surface area contributed by atoms with Crippen LogP contribution in [0, 0.1) is 0 Å². The molecule has 1 aromatic rings. The number of rotatable bonds is 25. The SMILES string of the molecule is CCCCCCCCCc1ccccc1OCCOCCOCCOCCOCCOS(=O)(=O)[O-].[Na+]. The number of aryl methyl sites for hydroxylation is 1. The van der Waals surface area contributed by atoms with Gasteiger partial charge in [-0.15, -0.1) is 0 Å². The molecule has 9 nitrogen and oxygen atoms in total. The zero-order chi connectivity index (χ0) is 25.5. The second-order valence-electron chi connectivity index (χ2n) is 8.01. The Kier molecular flexibility index (Phi) is 24.8. The summed E-state index contributed by atoms with van der Waals surface area (Å²) in [5.41, 5.74) is 1.26. The molecule has 0 saturated carbocycles. The number of ether oxygens (including phenoxy) is 5. The largest absolute Gasteiger partial charge is 1.00 e. The topological polar surface area (TPSA) is 113 Å². The molecule has 0 aromatic heterocycles. The normalized spacial score (nSPS) is 11.4. The van der Waals surface area contributed by atoms with Gasteiger partial charge in [-0.3, -0.25) is 4.18 Å². The van der Waals surface area contributed by atoms with E-state index in [2.05, 4.69) is 23.2 Å². The van der Waals surface area contributed by atoms with Crippen LogP contribution in [-0.4, -0.2) is 79.0 Å². The Balaban J connectivity index is 0.0000122. The molecule has 0 amide bonds. The molecule has 0 aliphatic rings. The van der Waals surface area contributed by atoms with E-state index in [0.29, 0.717) is 46.2 Å². The summed E-state index contributed by atoms with van der Waals surface area (Å²) in [5, 5.41) is 0. The van der Waals surface area contributed by atoms with Crippen molar-refractivity contribution >= 4 is 10.4 Å². The minimum Gasteiger partial charge on any atom is -0.726 e. The molecule has 0 saturated heterocycles. The van der Waals surface area contributed by atoms with Gasteiger partial charge in [0.1, 0.15) is 12.4 Å². The van der Waals surface area contributed by atoms with Crippen LogP contribution < -0.4 is 34.3 Å². The van der Waals surface area contributed by atoms with Crippen LogP contribution in [0.5, 0.6) is 5.75 Å². The predicted molar refractivity (Wildman–Crippen MR) is 133 cm³/mol. The van der Waals surface area contributed by atoms with E-state index in [-0.39, 0.29) is 49.4 Å². The Hall–Kier alpha value is -0.270. The summed E-state index contributed by atoms with van der Waals surface area (Å²) in [5.74, 6) is 0.947. The fourth-order valence-corrected chi connectivity index (χ4v) is 3.56. The van der Waals surface area contributed by atoms with Crippen molar-refractivity contribution in [2.75, 3.05) is 66.1 Å². The van der Waals surface area contributed by atoms with E-state index in [4.69, 9.17) is 23.7 Å². The summed E-state index contributed by atoms with van der Waals surface area (Å²) in [6, 6.07) is 8.23. The van der Waals surface area contributed by atoms with Crippen LogP contribution in [0.15, 0.2) is 24.3 Å². The minimum absolute atomic E-state index is 0. The standard InChI is InChI=1S/C25H44O9S.Na/c1-2-3-4-5-6-7-8-11-24-12-9-10-13-25(24)33-22-20-31-18-16-29-14-15-30-17-19-32-21-23-34-35(26,27)28;/h9-10,12-13H,2-8,11,14-23H2,1H3,(H,26,27,28);/q;+1/p-1. The fraction of sp³-hybridized carbons (Fsp3) is 0.760. The number of unbranched alkanes of at least 4 members (excludes halogenated alkanes) is 6. The van der Waals surface area contributed by atoms with Gasteiger partial charge in [-0.25, -0.2) is 8.42 Å². The molecular weight excluding hydrogens is 499 g/mol. The van der Waals surface area contributed by atoms with Crippen LogP contribution in [-0.2, 0) is 40.0 Å². The van der Waals surface area contributed by atoms with Gasteiger partial charge in [0.05, 0.1) is 59.5 Å². The maximum absolute atomic E-state index is 10.2. The van der Waals surface area contributed by atoms with Crippen LogP contribution in [0.1, 0.15) is 57.4 Å². The second kappa shape index (κ2) is 25.0. The second-order valence-corrected chi connectivity index (χ2v) is 9.06. The van der Waals surface area contributed by atoms with Crippen LogP contribution >= 0.6 is 0 Å². The maximum atomic E-state index is 10.2. The third-order valence-electron chi connectivity index (χ3n) is 5.08. The molecule has 0 radical (unpaired) electrons.